The van der Waals surface area contributed by atoms with Gasteiger partial charge in [-0.3, -0.25) is 0 Å². The molecule has 0 spiro atoms. The van der Waals surface area contributed by atoms with E-state index in [4.69, 9.17) is 0 Å². The lowest BCUT2D eigenvalue weighted by Crippen LogP contribution is -2.42. The van der Waals surface area contributed by atoms with Gasteiger partial charge in [-0.15, -0.1) is 0 Å². The Morgan fingerprint density at radius 2 is 1.50 bits per heavy atom. The van der Waals surface area contributed by atoms with Crippen molar-refractivity contribution in [3.63, 3.8) is 0 Å². The molecule has 0 aromatic rings. The van der Waals surface area contributed by atoms with Gasteiger partial charge < -0.3 is 5.11 Å². The number of nitriles is 1. The second-order valence-corrected chi connectivity index (χ2v) is 7.55. The average Bonchev–Trinajstić information content (AvgIpc) is 2.75. The fraction of sp³-hybridized carbons (Fsp3) is 0.944. The molecule has 0 aromatic carbocycles. The summed E-state index contributed by atoms with van der Waals surface area (Å²) in [4.78, 5) is 0. The van der Waals surface area contributed by atoms with Crippen LogP contribution in [0, 0.1) is 34.5 Å². The first kappa shape index (κ1) is 15.8. The second-order valence-electron chi connectivity index (χ2n) is 7.55. The molecule has 2 aliphatic carbocycles. The van der Waals surface area contributed by atoms with E-state index in [1.54, 1.807) is 0 Å². The molecule has 0 aromatic heterocycles. The summed E-state index contributed by atoms with van der Waals surface area (Å²) < 4.78 is 0. The Labute approximate surface area is 124 Å². The van der Waals surface area contributed by atoms with E-state index in [0.29, 0.717) is 11.8 Å². The molecule has 2 rings (SSSR count). The Balaban J connectivity index is 2.02. The minimum absolute atomic E-state index is 0.368. The molecule has 2 saturated carbocycles. The summed E-state index contributed by atoms with van der Waals surface area (Å²) in [6, 6.07) is 2.54. The number of hydrogen-bond acceptors (Lipinski definition) is 2. The maximum atomic E-state index is 10.9. The first-order valence-corrected chi connectivity index (χ1v) is 8.68. The number of aliphatic hydroxyl groups excluding tert-OH is 1. The van der Waals surface area contributed by atoms with E-state index in [-0.39, 0.29) is 0 Å². The Bertz CT molecular complexity index is 328. The molecular formula is C18H31NO. The van der Waals surface area contributed by atoms with Crippen molar-refractivity contribution in [1.29, 1.82) is 5.26 Å². The Kier molecular flexibility index (Phi) is 5.49. The van der Waals surface area contributed by atoms with Crippen LogP contribution in [0.4, 0.5) is 0 Å². The van der Waals surface area contributed by atoms with Crippen LogP contribution in [0.1, 0.15) is 78.1 Å². The van der Waals surface area contributed by atoms with Gasteiger partial charge in [-0.05, 0) is 56.3 Å². The highest BCUT2D eigenvalue weighted by Crippen LogP contribution is 2.46. The third kappa shape index (κ3) is 3.37. The van der Waals surface area contributed by atoms with Crippen LogP contribution in [0.5, 0.6) is 0 Å². The molecule has 2 nitrogen and oxygen atoms in total. The van der Waals surface area contributed by atoms with Crippen LogP contribution >= 0.6 is 0 Å². The van der Waals surface area contributed by atoms with Gasteiger partial charge >= 0.3 is 0 Å². The van der Waals surface area contributed by atoms with Crippen molar-refractivity contribution in [1.82, 2.24) is 0 Å². The van der Waals surface area contributed by atoms with Gasteiger partial charge in [-0.1, -0.05) is 39.5 Å². The van der Waals surface area contributed by atoms with Gasteiger partial charge in [0, 0.05) is 0 Å². The number of aliphatic hydroxyl groups is 1. The summed E-state index contributed by atoms with van der Waals surface area (Å²) >= 11 is 0. The summed E-state index contributed by atoms with van der Waals surface area (Å²) in [5.74, 6) is 1.83. The summed E-state index contributed by atoms with van der Waals surface area (Å²) in [6.07, 6.45) is 11.0. The highest BCUT2D eigenvalue weighted by molar-refractivity contribution is 5.07. The zero-order valence-corrected chi connectivity index (χ0v) is 13.3. The summed E-state index contributed by atoms with van der Waals surface area (Å²) in [7, 11) is 0. The molecule has 1 N–H and O–H groups in total. The van der Waals surface area contributed by atoms with Crippen LogP contribution in [0.2, 0.25) is 0 Å². The van der Waals surface area contributed by atoms with Gasteiger partial charge in [0.25, 0.3) is 0 Å². The lowest BCUT2D eigenvalue weighted by atomic mass is 9.63. The predicted molar refractivity (Wildman–Crippen MR) is 82.0 cm³/mol. The van der Waals surface area contributed by atoms with E-state index in [0.717, 1.165) is 44.4 Å². The van der Waals surface area contributed by atoms with Crippen LogP contribution in [0.25, 0.3) is 0 Å². The molecule has 0 amide bonds. The van der Waals surface area contributed by atoms with Crippen molar-refractivity contribution in [2.24, 2.45) is 23.2 Å². The molecule has 0 saturated heterocycles. The summed E-state index contributed by atoms with van der Waals surface area (Å²) in [5.41, 5.74) is -0.444. The number of hydrogen-bond donors (Lipinski definition) is 1. The van der Waals surface area contributed by atoms with Crippen molar-refractivity contribution in [2.45, 2.75) is 84.2 Å². The highest BCUT2D eigenvalue weighted by Gasteiger charge is 2.45. The molecule has 2 heteroatoms. The van der Waals surface area contributed by atoms with E-state index < -0.39 is 11.5 Å². The molecular weight excluding hydrogens is 246 g/mol. The molecule has 0 bridgehead atoms. The van der Waals surface area contributed by atoms with Gasteiger partial charge in [-0.25, -0.2) is 0 Å². The van der Waals surface area contributed by atoms with Crippen LogP contribution < -0.4 is 0 Å². The van der Waals surface area contributed by atoms with Crippen LogP contribution in [0.3, 0.4) is 0 Å². The molecule has 114 valence electrons. The Morgan fingerprint density at radius 1 is 0.950 bits per heavy atom. The van der Waals surface area contributed by atoms with Gasteiger partial charge in [0.2, 0.25) is 0 Å². The third-order valence-electron chi connectivity index (χ3n) is 6.00. The molecule has 0 radical (unpaired) electrons. The van der Waals surface area contributed by atoms with E-state index >= 15 is 0 Å². The fourth-order valence-corrected chi connectivity index (χ4v) is 4.37. The molecule has 1 unspecified atom stereocenters. The standard InChI is InChI=1S/C18H31NO/c1-14(2)15-9-11-18(13-19,12-10-15)17(20)16-7-5-3-4-6-8-16/h14-17,20H,3-12H2,1-2H3. The normalized spacial score (nSPS) is 34.5. The summed E-state index contributed by atoms with van der Waals surface area (Å²) in [5, 5.41) is 20.6. The SMILES string of the molecule is CC(C)C1CCC(C#N)(C(O)C2CCCCCC2)CC1. The molecule has 2 aliphatic rings. The summed E-state index contributed by atoms with van der Waals surface area (Å²) in [6.45, 7) is 4.57. The highest BCUT2D eigenvalue weighted by atomic mass is 16.3. The van der Waals surface area contributed by atoms with Crippen molar-refractivity contribution in [2.75, 3.05) is 0 Å². The quantitative estimate of drug-likeness (QED) is 0.762. The maximum absolute atomic E-state index is 10.9. The van der Waals surface area contributed by atoms with Crippen molar-refractivity contribution in [3.8, 4) is 6.07 Å². The minimum atomic E-state index is -0.444. The Morgan fingerprint density at radius 3 is 1.95 bits per heavy atom. The largest absolute Gasteiger partial charge is 0.391 e. The number of nitrogens with zero attached hydrogens (tertiary/aromatic N) is 1. The smallest absolute Gasteiger partial charge is 0.0835 e. The van der Waals surface area contributed by atoms with E-state index in [2.05, 4.69) is 19.9 Å². The van der Waals surface area contributed by atoms with Gasteiger partial charge in [0.1, 0.15) is 0 Å². The monoisotopic (exact) mass is 277 g/mol. The lowest BCUT2D eigenvalue weighted by Gasteiger charge is -2.42. The van der Waals surface area contributed by atoms with Crippen molar-refractivity contribution in [3.05, 3.63) is 0 Å². The Hall–Kier alpha value is -0.550. The maximum Gasteiger partial charge on any atom is 0.0835 e. The topological polar surface area (TPSA) is 44.0 Å². The second kappa shape index (κ2) is 6.94. The molecule has 0 heterocycles. The lowest BCUT2D eigenvalue weighted by molar-refractivity contribution is -0.0233. The van der Waals surface area contributed by atoms with E-state index in [9.17, 15) is 10.4 Å². The fourth-order valence-electron chi connectivity index (χ4n) is 4.37. The number of rotatable bonds is 3. The van der Waals surface area contributed by atoms with Crippen molar-refractivity contribution >= 4 is 0 Å². The van der Waals surface area contributed by atoms with Crippen molar-refractivity contribution < 1.29 is 5.11 Å². The third-order valence-corrected chi connectivity index (χ3v) is 6.00. The van der Waals surface area contributed by atoms with Gasteiger partial charge in [0.05, 0.1) is 17.6 Å². The van der Waals surface area contributed by atoms with Crippen LogP contribution in [-0.2, 0) is 0 Å². The molecule has 2 fully saturated rings. The molecule has 1 atom stereocenters. The van der Waals surface area contributed by atoms with Gasteiger partial charge in [-0.2, -0.15) is 5.26 Å². The zero-order valence-electron chi connectivity index (χ0n) is 13.3. The van der Waals surface area contributed by atoms with Crippen LogP contribution in [0.15, 0.2) is 0 Å². The predicted octanol–water partition coefficient (Wildman–Crippen LogP) is 4.67. The zero-order chi connectivity index (χ0) is 14.6. The average molecular weight is 277 g/mol. The van der Waals surface area contributed by atoms with Gasteiger partial charge in [0.15, 0.2) is 0 Å². The van der Waals surface area contributed by atoms with E-state index in [1.165, 1.54) is 25.7 Å². The first-order valence-electron chi connectivity index (χ1n) is 8.68. The van der Waals surface area contributed by atoms with Crippen LogP contribution in [-0.4, -0.2) is 11.2 Å². The molecule has 0 aliphatic heterocycles. The first-order chi connectivity index (χ1) is 9.59. The molecule has 20 heavy (non-hydrogen) atoms. The van der Waals surface area contributed by atoms with E-state index in [1.807, 2.05) is 0 Å². The minimum Gasteiger partial charge on any atom is -0.391 e.